The van der Waals surface area contributed by atoms with Crippen LogP contribution in [0.15, 0.2) is 18.2 Å². The molecule has 1 amide bonds. The van der Waals surface area contributed by atoms with Crippen LogP contribution in [0.25, 0.3) is 0 Å². The van der Waals surface area contributed by atoms with E-state index < -0.39 is 23.5 Å². The number of para-hydroxylation sites is 1. The molecule has 0 unspecified atom stereocenters. The zero-order valence-corrected chi connectivity index (χ0v) is 14.2. The summed E-state index contributed by atoms with van der Waals surface area (Å²) in [4.78, 5) is 36.1. The van der Waals surface area contributed by atoms with Gasteiger partial charge in [-0.1, -0.05) is 6.07 Å². The molecule has 0 aromatic heterocycles. The molecular weight excluding hydrogens is 314 g/mol. The van der Waals surface area contributed by atoms with Gasteiger partial charge >= 0.3 is 11.9 Å². The fourth-order valence-electron chi connectivity index (χ4n) is 2.29. The van der Waals surface area contributed by atoms with Gasteiger partial charge in [0.25, 0.3) is 0 Å². The van der Waals surface area contributed by atoms with Crippen molar-refractivity contribution in [3.8, 4) is 5.75 Å². The second kappa shape index (κ2) is 6.90. The number of methoxy groups -OCH3 is 1. The van der Waals surface area contributed by atoms with E-state index in [1.807, 2.05) is 0 Å². The SMILES string of the molecule is COC(=O)c1cccc2c1OC[C@H](CC(=O)OC(C)(C)C)C(=O)N2. The van der Waals surface area contributed by atoms with Gasteiger partial charge in [0.2, 0.25) is 5.91 Å². The molecule has 0 saturated carbocycles. The molecule has 1 N–H and O–H groups in total. The Bertz CT molecular complexity index is 662. The van der Waals surface area contributed by atoms with Crippen molar-refractivity contribution in [1.82, 2.24) is 0 Å². The zero-order valence-electron chi connectivity index (χ0n) is 14.2. The number of benzene rings is 1. The average Bonchev–Trinajstić information content (AvgIpc) is 2.63. The molecule has 130 valence electrons. The van der Waals surface area contributed by atoms with E-state index in [-0.39, 0.29) is 30.2 Å². The highest BCUT2D eigenvalue weighted by Crippen LogP contribution is 2.33. The van der Waals surface area contributed by atoms with Crippen LogP contribution in [0, 0.1) is 5.92 Å². The molecule has 1 aromatic carbocycles. The number of anilines is 1. The van der Waals surface area contributed by atoms with Crippen LogP contribution in [-0.2, 0) is 19.1 Å². The number of rotatable bonds is 3. The Balaban J connectivity index is 2.16. The van der Waals surface area contributed by atoms with Crippen molar-refractivity contribution in [2.45, 2.75) is 32.8 Å². The van der Waals surface area contributed by atoms with Gasteiger partial charge < -0.3 is 19.5 Å². The van der Waals surface area contributed by atoms with E-state index in [0.29, 0.717) is 5.69 Å². The van der Waals surface area contributed by atoms with Crippen molar-refractivity contribution in [2.75, 3.05) is 19.0 Å². The van der Waals surface area contributed by atoms with Crippen molar-refractivity contribution >= 4 is 23.5 Å². The van der Waals surface area contributed by atoms with Crippen molar-refractivity contribution in [3.05, 3.63) is 23.8 Å². The van der Waals surface area contributed by atoms with Gasteiger partial charge in [-0.3, -0.25) is 9.59 Å². The number of amides is 1. The predicted molar refractivity (Wildman–Crippen MR) is 85.9 cm³/mol. The van der Waals surface area contributed by atoms with Gasteiger partial charge in [0.15, 0.2) is 5.75 Å². The fourth-order valence-corrected chi connectivity index (χ4v) is 2.29. The number of nitrogens with one attached hydrogen (secondary N) is 1. The first kappa shape index (κ1) is 17.8. The molecule has 1 aliphatic rings. The maximum absolute atomic E-state index is 12.3. The molecule has 1 heterocycles. The van der Waals surface area contributed by atoms with E-state index in [1.165, 1.54) is 7.11 Å². The number of carbonyl (C=O) groups excluding carboxylic acids is 3. The predicted octanol–water partition coefficient (Wildman–Crippen LogP) is 2.15. The lowest BCUT2D eigenvalue weighted by Gasteiger charge is -2.21. The molecule has 24 heavy (non-hydrogen) atoms. The summed E-state index contributed by atoms with van der Waals surface area (Å²) < 4.78 is 15.6. The number of fused-ring (bicyclic) bond motifs is 1. The Morgan fingerprint density at radius 1 is 1.33 bits per heavy atom. The smallest absolute Gasteiger partial charge is 0.341 e. The molecule has 0 bridgehead atoms. The molecule has 0 fully saturated rings. The number of carbonyl (C=O) groups is 3. The standard InChI is InChI=1S/C17H21NO6/c1-17(2,3)24-13(19)8-10-9-23-14-11(16(21)22-4)6-5-7-12(14)18-15(10)20/h5-7,10H,8-9H2,1-4H3,(H,18,20)/t10-/m0/s1. The average molecular weight is 335 g/mol. The van der Waals surface area contributed by atoms with E-state index in [9.17, 15) is 14.4 Å². The van der Waals surface area contributed by atoms with Gasteiger partial charge in [-0.15, -0.1) is 0 Å². The largest absolute Gasteiger partial charge is 0.490 e. The molecule has 2 rings (SSSR count). The first-order valence-electron chi connectivity index (χ1n) is 7.58. The minimum absolute atomic E-state index is 0.0356. The summed E-state index contributed by atoms with van der Waals surface area (Å²) in [5, 5.41) is 2.68. The van der Waals surface area contributed by atoms with Crippen molar-refractivity contribution in [2.24, 2.45) is 5.92 Å². The van der Waals surface area contributed by atoms with Crippen LogP contribution in [0.4, 0.5) is 5.69 Å². The second-order valence-corrected chi connectivity index (χ2v) is 6.46. The van der Waals surface area contributed by atoms with Gasteiger partial charge in [0, 0.05) is 0 Å². The van der Waals surface area contributed by atoms with Gasteiger partial charge in [-0.2, -0.15) is 0 Å². The van der Waals surface area contributed by atoms with Crippen molar-refractivity contribution < 1.29 is 28.6 Å². The van der Waals surface area contributed by atoms with Crippen LogP contribution in [0.2, 0.25) is 0 Å². The number of esters is 2. The van der Waals surface area contributed by atoms with Crippen molar-refractivity contribution in [1.29, 1.82) is 0 Å². The van der Waals surface area contributed by atoms with Gasteiger partial charge in [0.05, 0.1) is 25.1 Å². The molecule has 1 atom stereocenters. The maximum atomic E-state index is 12.3. The summed E-state index contributed by atoms with van der Waals surface area (Å²) in [5.41, 5.74) is -0.0389. The lowest BCUT2D eigenvalue weighted by Crippen LogP contribution is -2.31. The van der Waals surface area contributed by atoms with E-state index in [0.717, 1.165) is 0 Å². The Morgan fingerprint density at radius 2 is 2.04 bits per heavy atom. The summed E-state index contributed by atoms with van der Waals surface area (Å²) in [7, 11) is 1.27. The normalized spacial score (nSPS) is 17.0. The van der Waals surface area contributed by atoms with Crippen LogP contribution in [-0.4, -0.2) is 37.2 Å². The highest BCUT2D eigenvalue weighted by Gasteiger charge is 2.31. The Labute approximate surface area is 140 Å². The van der Waals surface area contributed by atoms with Crippen LogP contribution < -0.4 is 10.1 Å². The molecular formula is C17H21NO6. The highest BCUT2D eigenvalue weighted by molar-refractivity contribution is 6.00. The second-order valence-electron chi connectivity index (χ2n) is 6.46. The lowest BCUT2D eigenvalue weighted by molar-refractivity contribution is -0.157. The minimum atomic E-state index is -0.710. The molecule has 0 spiro atoms. The van der Waals surface area contributed by atoms with Gasteiger partial charge in [0.1, 0.15) is 17.8 Å². The summed E-state index contributed by atoms with van der Waals surface area (Å²) in [6.07, 6.45) is -0.106. The van der Waals surface area contributed by atoms with Crippen LogP contribution >= 0.6 is 0 Å². The highest BCUT2D eigenvalue weighted by atomic mass is 16.6. The zero-order chi connectivity index (χ0) is 17.9. The topological polar surface area (TPSA) is 90.9 Å². The summed E-state index contributed by atoms with van der Waals surface area (Å²) in [5.74, 6) is -1.87. The van der Waals surface area contributed by atoms with Gasteiger partial charge in [-0.25, -0.2) is 4.79 Å². The first-order valence-corrected chi connectivity index (χ1v) is 7.58. The van der Waals surface area contributed by atoms with E-state index in [2.05, 4.69) is 5.32 Å². The van der Waals surface area contributed by atoms with Crippen LogP contribution in [0.1, 0.15) is 37.6 Å². The molecule has 0 saturated heterocycles. The quantitative estimate of drug-likeness (QED) is 0.851. The first-order chi connectivity index (χ1) is 11.2. The Morgan fingerprint density at radius 3 is 2.67 bits per heavy atom. The van der Waals surface area contributed by atoms with Gasteiger partial charge in [-0.05, 0) is 32.9 Å². The Hall–Kier alpha value is -2.57. The molecule has 7 heteroatoms. The van der Waals surface area contributed by atoms with E-state index in [1.54, 1.807) is 39.0 Å². The van der Waals surface area contributed by atoms with Crippen LogP contribution in [0.3, 0.4) is 0 Å². The fraction of sp³-hybridized carbons (Fsp3) is 0.471. The Kier molecular flexibility index (Phi) is 5.11. The number of ether oxygens (including phenoxy) is 3. The molecule has 1 aromatic rings. The molecule has 0 aliphatic carbocycles. The van der Waals surface area contributed by atoms with Crippen molar-refractivity contribution in [3.63, 3.8) is 0 Å². The number of hydrogen-bond donors (Lipinski definition) is 1. The van der Waals surface area contributed by atoms with E-state index in [4.69, 9.17) is 14.2 Å². The summed E-state index contributed by atoms with van der Waals surface area (Å²) >= 11 is 0. The molecule has 0 radical (unpaired) electrons. The summed E-state index contributed by atoms with van der Waals surface area (Å²) in [6, 6.07) is 4.78. The van der Waals surface area contributed by atoms with E-state index >= 15 is 0 Å². The molecule has 1 aliphatic heterocycles. The summed E-state index contributed by atoms with van der Waals surface area (Å²) in [6.45, 7) is 5.24. The third-order valence-corrected chi connectivity index (χ3v) is 3.31. The van der Waals surface area contributed by atoms with Crippen LogP contribution in [0.5, 0.6) is 5.75 Å². The number of hydrogen-bond acceptors (Lipinski definition) is 6. The third-order valence-electron chi connectivity index (χ3n) is 3.31. The maximum Gasteiger partial charge on any atom is 0.341 e. The minimum Gasteiger partial charge on any atom is -0.490 e. The lowest BCUT2D eigenvalue weighted by atomic mass is 10.1. The third kappa shape index (κ3) is 4.24. The monoisotopic (exact) mass is 335 g/mol. The molecule has 7 nitrogen and oxygen atoms in total.